The molecular formula is C23H20ClFN8O3. The number of aryl methyl sites for hydroxylation is 1. The number of carbonyl (C=O) groups excluding carboxylic acids is 2. The van der Waals surface area contributed by atoms with Gasteiger partial charge in [-0.25, -0.2) is 18.9 Å². The first-order chi connectivity index (χ1) is 17.1. The molecule has 11 nitrogen and oxygen atoms in total. The Morgan fingerprint density at radius 2 is 2.08 bits per heavy atom. The number of rotatable bonds is 6. The van der Waals surface area contributed by atoms with Gasteiger partial charge in [-0.3, -0.25) is 15.1 Å². The average Bonchev–Trinajstić information content (AvgIpc) is 3.15. The fraction of sp³-hybridized carbons (Fsp3) is 0.348. The highest BCUT2D eigenvalue weighted by Gasteiger charge is 2.69. The number of halogens is 2. The van der Waals surface area contributed by atoms with Crippen LogP contribution in [0.4, 0.5) is 15.0 Å². The Balaban J connectivity index is 1.29. The van der Waals surface area contributed by atoms with E-state index in [0.29, 0.717) is 24.8 Å². The van der Waals surface area contributed by atoms with Crippen LogP contribution in [-0.2, 0) is 11.8 Å². The van der Waals surface area contributed by atoms with E-state index < -0.39 is 29.5 Å². The van der Waals surface area contributed by atoms with Crippen molar-refractivity contribution in [1.82, 2.24) is 30.3 Å². The van der Waals surface area contributed by atoms with Crippen molar-refractivity contribution in [2.45, 2.75) is 37.8 Å². The minimum atomic E-state index is -0.820. The molecule has 3 aromatic rings. The van der Waals surface area contributed by atoms with Crippen molar-refractivity contribution in [3.05, 3.63) is 52.7 Å². The predicted molar refractivity (Wildman–Crippen MR) is 124 cm³/mol. The third-order valence-electron chi connectivity index (χ3n) is 6.54. The number of nitrogens with one attached hydrogen (secondary N) is 2. The van der Waals surface area contributed by atoms with Gasteiger partial charge in [-0.15, -0.1) is 5.10 Å². The summed E-state index contributed by atoms with van der Waals surface area (Å²) in [6, 6.07) is 6.66. The van der Waals surface area contributed by atoms with Gasteiger partial charge in [0.25, 0.3) is 5.91 Å². The van der Waals surface area contributed by atoms with Gasteiger partial charge >= 0.3 is 6.09 Å². The van der Waals surface area contributed by atoms with Gasteiger partial charge in [-0.1, -0.05) is 22.9 Å². The molecule has 3 aromatic heterocycles. The molecule has 3 aliphatic rings. The topological polar surface area (TPSA) is 148 Å². The largest absolute Gasteiger partial charge is 0.441 e. The Morgan fingerprint density at radius 1 is 1.33 bits per heavy atom. The van der Waals surface area contributed by atoms with Gasteiger partial charge in [-0.05, 0) is 32.3 Å². The second-order valence-corrected chi connectivity index (χ2v) is 9.53. The van der Waals surface area contributed by atoms with Gasteiger partial charge < -0.3 is 10.1 Å². The average molecular weight is 511 g/mol. The molecule has 0 aliphatic heterocycles. The van der Waals surface area contributed by atoms with E-state index in [9.17, 15) is 14.0 Å². The third-order valence-corrected chi connectivity index (χ3v) is 6.86. The minimum Gasteiger partial charge on any atom is -0.441 e. The van der Waals surface area contributed by atoms with E-state index in [0.717, 1.165) is 12.3 Å². The van der Waals surface area contributed by atoms with Crippen LogP contribution >= 0.6 is 11.6 Å². The first-order valence-corrected chi connectivity index (χ1v) is 11.4. The van der Waals surface area contributed by atoms with E-state index in [4.69, 9.17) is 21.6 Å². The van der Waals surface area contributed by atoms with Crippen LogP contribution in [-0.4, -0.2) is 42.5 Å². The zero-order valence-electron chi connectivity index (χ0n) is 19.2. The summed E-state index contributed by atoms with van der Waals surface area (Å²) in [6.45, 7) is 1.64. The molecule has 3 saturated carbocycles. The zero-order valence-corrected chi connectivity index (χ0v) is 20.0. The molecule has 2 amide bonds. The monoisotopic (exact) mass is 510 g/mol. The molecule has 3 aliphatic carbocycles. The van der Waals surface area contributed by atoms with Crippen molar-refractivity contribution in [3.8, 4) is 17.5 Å². The van der Waals surface area contributed by atoms with Crippen LogP contribution in [0.5, 0.6) is 0 Å². The second-order valence-electron chi connectivity index (χ2n) is 9.17. The molecule has 3 fully saturated rings. The molecule has 0 unspecified atom stereocenters. The number of hydrogen-bond donors (Lipinski definition) is 2. The first-order valence-electron chi connectivity index (χ1n) is 11.0. The molecule has 0 spiro atoms. The van der Waals surface area contributed by atoms with E-state index in [2.05, 4.69) is 37.0 Å². The van der Waals surface area contributed by atoms with Crippen LogP contribution in [0.25, 0.3) is 11.4 Å². The van der Waals surface area contributed by atoms with Gasteiger partial charge in [-0.2, -0.15) is 5.26 Å². The van der Waals surface area contributed by atoms with E-state index in [1.807, 2.05) is 0 Å². The van der Waals surface area contributed by atoms with Crippen molar-refractivity contribution in [2.24, 2.45) is 12.5 Å². The van der Waals surface area contributed by atoms with Gasteiger partial charge in [0.2, 0.25) is 0 Å². The summed E-state index contributed by atoms with van der Waals surface area (Å²) in [5.41, 5.74) is -0.330. The van der Waals surface area contributed by atoms with Crippen molar-refractivity contribution in [3.63, 3.8) is 0 Å². The Bertz CT molecular complexity index is 1420. The second kappa shape index (κ2) is 8.53. The molecule has 0 radical (unpaired) electrons. The highest BCUT2D eigenvalue weighted by molar-refractivity contribution is 6.30. The van der Waals surface area contributed by atoms with Crippen LogP contribution in [0.15, 0.2) is 30.6 Å². The van der Waals surface area contributed by atoms with Gasteiger partial charge in [0.1, 0.15) is 17.1 Å². The SMILES string of the molecule is C[C@@H](OC(=O)Nc1c(-c2cc(F)c(C(=O)NC34CC(C#N)(C3)C4)cn2)nnn1C)c1cccnc1Cl. The van der Waals surface area contributed by atoms with Crippen molar-refractivity contribution >= 4 is 29.4 Å². The lowest BCUT2D eigenvalue weighted by Crippen LogP contribution is -2.74. The van der Waals surface area contributed by atoms with Crippen molar-refractivity contribution in [1.29, 1.82) is 5.26 Å². The molecule has 0 saturated heterocycles. The number of amides is 2. The van der Waals surface area contributed by atoms with Crippen molar-refractivity contribution < 1.29 is 18.7 Å². The molecule has 2 N–H and O–H groups in total. The van der Waals surface area contributed by atoms with E-state index in [1.54, 1.807) is 19.1 Å². The lowest BCUT2D eigenvalue weighted by Gasteiger charge is -2.66. The molecule has 2 bridgehead atoms. The summed E-state index contributed by atoms with van der Waals surface area (Å²) in [5, 5.41) is 22.5. The Hall–Kier alpha value is -4.11. The number of ether oxygens (including phenoxy) is 1. The lowest BCUT2D eigenvalue weighted by atomic mass is 9.40. The summed E-state index contributed by atoms with van der Waals surface area (Å²) in [7, 11) is 1.53. The number of anilines is 1. The molecular weight excluding hydrogens is 491 g/mol. The fourth-order valence-corrected chi connectivity index (χ4v) is 5.07. The number of pyridine rings is 2. The minimum absolute atomic E-state index is 0.0600. The fourth-order valence-electron chi connectivity index (χ4n) is 4.80. The standard InChI is InChI=1S/C23H20ClFN8O3/c1-12(13-4-3-5-27-18(13)24)36-21(35)29-19-17(31-32-33(19)2)16-6-15(25)14(7-28-16)20(34)30-23-8-22(9-23,10-23)11-26/h3-7,12H,8-10H2,1-2H3,(H,29,35)(H,30,34)/t12-,22?,23?/m1/s1. The number of nitriles is 1. The molecule has 13 heteroatoms. The Labute approximate surface area is 209 Å². The van der Waals surface area contributed by atoms with Crippen LogP contribution in [0, 0.1) is 22.6 Å². The quantitative estimate of drug-likeness (QED) is 0.478. The number of aromatic nitrogens is 5. The highest BCUT2D eigenvalue weighted by atomic mass is 35.5. The molecule has 184 valence electrons. The summed E-state index contributed by atoms with van der Waals surface area (Å²) < 4.78 is 21.5. The normalized spacial score (nSPS) is 22.4. The summed E-state index contributed by atoms with van der Waals surface area (Å²) >= 11 is 6.06. The van der Waals surface area contributed by atoms with Gasteiger partial charge in [0.15, 0.2) is 11.5 Å². The number of nitrogens with zero attached hydrogens (tertiary/aromatic N) is 6. The third kappa shape index (κ3) is 4.01. The first kappa shape index (κ1) is 23.6. The Morgan fingerprint density at radius 3 is 2.75 bits per heavy atom. The van der Waals surface area contributed by atoms with Gasteiger partial charge in [0, 0.05) is 36.6 Å². The van der Waals surface area contributed by atoms with E-state index >= 15 is 0 Å². The van der Waals surface area contributed by atoms with Crippen molar-refractivity contribution in [2.75, 3.05) is 5.32 Å². The molecule has 6 rings (SSSR count). The summed E-state index contributed by atoms with van der Waals surface area (Å²) in [4.78, 5) is 33.3. The van der Waals surface area contributed by atoms with Crippen LogP contribution in [0.3, 0.4) is 0 Å². The maximum Gasteiger partial charge on any atom is 0.413 e. The predicted octanol–water partition coefficient (Wildman–Crippen LogP) is 3.55. The smallest absolute Gasteiger partial charge is 0.413 e. The highest BCUT2D eigenvalue weighted by Crippen LogP contribution is 2.66. The lowest BCUT2D eigenvalue weighted by molar-refractivity contribution is -0.102. The maximum absolute atomic E-state index is 14.9. The number of hydrogen-bond acceptors (Lipinski definition) is 8. The van der Waals surface area contributed by atoms with Crippen LogP contribution < -0.4 is 10.6 Å². The summed E-state index contributed by atoms with van der Waals surface area (Å²) in [5.74, 6) is -1.29. The zero-order chi connectivity index (χ0) is 25.7. The molecule has 3 heterocycles. The Kier molecular flexibility index (Phi) is 5.60. The van der Waals surface area contributed by atoms with Gasteiger partial charge in [0.05, 0.1) is 22.7 Å². The number of carbonyl (C=O) groups is 2. The van der Waals surface area contributed by atoms with Crippen LogP contribution in [0.1, 0.15) is 48.2 Å². The maximum atomic E-state index is 14.9. The van der Waals surface area contributed by atoms with E-state index in [1.165, 1.54) is 17.9 Å². The molecule has 0 aromatic carbocycles. The molecule has 36 heavy (non-hydrogen) atoms. The van der Waals surface area contributed by atoms with E-state index in [-0.39, 0.29) is 33.3 Å². The summed E-state index contributed by atoms with van der Waals surface area (Å²) in [6.07, 6.45) is 2.83. The van der Waals surface area contributed by atoms with Crippen LogP contribution in [0.2, 0.25) is 5.15 Å². The molecule has 1 atom stereocenters.